The van der Waals surface area contributed by atoms with Crippen LogP contribution in [-0.2, 0) is 11.3 Å². The van der Waals surface area contributed by atoms with Gasteiger partial charge in [-0.05, 0) is 81.1 Å². The summed E-state index contributed by atoms with van der Waals surface area (Å²) >= 11 is 0. The zero-order valence-electron chi connectivity index (χ0n) is 17.1. The molecule has 5 nitrogen and oxygen atoms in total. The van der Waals surface area contributed by atoms with E-state index < -0.39 is 5.97 Å². The minimum atomic E-state index is -0.668. The third-order valence-corrected chi connectivity index (χ3v) is 7.21. The number of carbonyl (C=O) groups is 1. The molecule has 0 aliphatic carbocycles. The Morgan fingerprint density at radius 3 is 2.64 bits per heavy atom. The Bertz CT molecular complexity index is 660. The number of hydrogen-bond donors (Lipinski definition) is 1. The van der Waals surface area contributed by atoms with Gasteiger partial charge in [0.15, 0.2) is 0 Å². The molecule has 0 bridgehead atoms. The highest BCUT2D eigenvalue weighted by Crippen LogP contribution is 2.43. The van der Waals surface area contributed by atoms with Crippen LogP contribution in [-0.4, -0.2) is 59.7 Å². The van der Waals surface area contributed by atoms with Crippen molar-refractivity contribution in [3.05, 3.63) is 29.8 Å². The van der Waals surface area contributed by atoms with Crippen LogP contribution >= 0.6 is 0 Å². The van der Waals surface area contributed by atoms with Gasteiger partial charge in [0.1, 0.15) is 5.75 Å². The first kappa shape index (κ1) is 19.7. The number of ether oxygens (including phenoxy) is 1. The average Bonchev–Trinajstić information content (AvgIpc) is 2.71. The monoisotopic (exact) mass is 386 g/mol. The number of likely N-dealkylation sites (tertiary alicyclic amines) is 1. The van der Waals surface area contributed by atoms with Crippen LogP contribution in [0.25, 0.3) is 0 Å². The lowest BCUT2D eigenvalue weighted by Crippen LogP contribution is -2.64. The predicted octanol–water partition coefficient (Wildman–Crippen LogP) is 3.62. The number of carboxylic acid groups (broad SMARTS) is 1. The molecule has 1 aromatic rings. The second-order valence-corrected chi connectivity index (χ2v) is 8.87. The van der Waals surface area contributed by atoms with E-state index in [-0.39, 0.29) is 6.42 Å². The van der Waals surface area contributed by atoms with Crippen molar-refractivity contribution in [3.8, 4) is 5.75 Å². The maximum Gasteiger partial charge on any atom is 0.303 e. The lowest BCUT2D eigenvalue weighted by Gasteiger charge is -2.57. The number of hydrogen-bond acceptors (Lipinski definition) is 4. The summed E-state index contributed by atoms with van der Waals surface area (Å²) in [5, 5.41) is 9.12. The van der Waals surface area contributed by atoms with Gasteiger partial charge in [-0.1, -0.05) is 12.1 Å². The van der Waals surface area contributed by atoms with Crippen LogP contribution in [0.1, 0.15) is 50.5 Å². The quantitative estimate of drug-likeness (QED) is 0.776. The topological polar surface area (TPSA) is 53.0 Å². The Balaban J connectivity index is 1.53. The molecule has 3 heterocycles. The fourth-order valence-corrected chi connectivity index (χ4v) is 6.09. The number of rotatable bonds is 7. The molecular weight excluding hydrogens is 352 g/mol. The Morgan fingerprint density at radius 1 is 1.18 bits per heavy atom. The standard InChI is InChI=1S/C23H34N2O3/c1-28-19-11-9-17(10-12-19)15-25-16-18-5-3-13-24-14-4-6-20(23(18)24)21(25)7-2-8-22(26)27/h9-12,18,20-21,23H,2-8,13-16H2,1H3,(H,26,27). The maximum atomic E-state index is 11.1. The summed E-state index contributed by atoms with van der Waals surface area (Å²) in [4.78, 5) is 16.5. The lowest BCUT2D eigenvalue weighted by atomic mass is 9.69. The van der Waals surface area contributed by atoms with Crippen molar-refractivity contribution in [2.45, 2.75) is 63.6 Å². The van der Waals surface area contributed by atoms with Crippen LogP contribution < -0.4 is 4.74 Å². The summed E-state index contributed by atoms with van der Waals surface area (Å²) in [5.41, 5.74) is 1.32. The van der Waals surface area contributed by atoms with Crippen molar-refractivity contribution >= 4 is 5.97 Å². The van der Waals surface area contributed by atoms with E-state index in [2.05, 4.69) is 21.9 Å². The molecular formula is C23H34N2O3. The van der Waals surface area contributed by atoms with Gasteiger partial charge in [-0.25, -0.2) is 0 Å². The molecule has 1 N–H and O–H groups in total. The number of methoxy groups -OCH3 is 1. The van der Waals surface area contributed by atoms with Crippen LogP contribution in [0.3, 0.4) is 0 Å². The number of carboxylic acids is 1. The van der Waals surface area contributed by atoms with Crippen molar-refractivity contribution in [2.75, 3.05) is 26.7 Å². The summed E-state index contributed by atoms with van der Waals surface area (Å²) in [6.45, 7) is 4.64. The fourth-order valence-electron chi connectivity index (χ4n) is 6.09. The molecule has 154 valence electrons. The normalized spacial score (nSPS) is 30.6. The molecule has 0 spiro atoms. The van der Waals surface area contributed by atoms with Crippen molar-refractivity contribution < 1.29 is 14.6 Å². The van der Waals surface area contributed by atoms with Gasteiger partial charge in [0.25, 0.3) is 0 Å². The van der Waals surface area contributed by atoms with Crippen molar-refractivity contribution in [2.24, 2.45) is 11.8 Å². The molecule has 0 amide bonds. The van der Waals surface area contributed by atoms with E-state index in [1.807, 2.05) is 12.1 Å². The lowest BCUT2D eigenvalue weighted by molar-refractivity contribution is -0.137. The average molecular weight is 387 g/mol. The van der Waals surface area contributed by atoms with Gasteiger partial charge in [0.05, 0.1) is 7.11 Å². The molecule has 1 aromatic carbocycles. The third kappa shape index (κ3) is 4.20. The van der Waals surface area contributed by atoms with Crippen molar-refractivity contribution in [1.82, 2.24) is 9.80 Å². The summed E-state index contributed by atoms with van der Waals surface area (Å²) in [7, 11) is 1.70. The fraction of sp³-hybridized carbons (Fsp3) is 0.696. The van der Waals surface area contributed by atoms with Crippen molar-refractivity contribution in [3.63, 3.8) is 0 Å². The molecule has 5 heteroatoms. The first-order valence-electron chi connectivity index (χ1n) is 11.0. The zero-order valence-corrected chi connectivity index (χ0v) is 17.1. The van der Waals surface area contributed by atoms with Gasteiger partial charge in [0, 0.05) is 31.6 Å². The molecule has 0 aromatic heterocycles. The van der Waals surface area contributed by atoms with E-state index in [4.69, 9.17) is 9.84 Å². The van der Waals surface area contributed by atoms with Crippen LogP contribution in [0.2, 0.25) is 0 Å². The van der Waals surface area contributed by atoms with Crippen LogP contribution in [0.4, 0.5) is 0 Å². The van der Waals surface area contributed by atoms with E-state index in [0.717, 1.165) is 43.6 Å². The van der Waals surface area contributed by atoms with E-state index in [1.165, 1.54) is 44.3 Å². The summed E-state index contributed by atoms with van der Waals surface area (Å²) in [6.07, 6.45) is 7.34. The highest BCUT2D eigenvalue weighted by atomic mass is 16.5. The maximum absolute atomic E-state index is 11.1. The predicted molar refractivity (Wildman–Crippen MR) is 109 cm³/mol. The van der Waals surface area contributed by atoms with Crippen LogP contribution in [0.15, 0.2) is 24.3 Å². The molecule has 0 radical (unpaired) electrons. The zero-order chi connectivity index (χ0) is 19.5. The molecule has 0 saturated carbocycles. The van der Waals surface area contributed by atoms with Gasteiger partial charge in [-0.2, -0.15) is 0 Å². The first-order chi connectivity index (χ1) is 13.7. The number of benzene rings is 1. The SMILES string of the molecule is COc1ccc(CN2CC3CCCN4CCCC(C2CCCC(=O)O)C34)cc1. The molecule has 28 heavy (non-hydrogen) atoms. The van der Waals surface area contributed by atoms with E-state index >= 15 is 0 Å². The van der Waals surface area contributed by atoms with Gasteiger partial charge in [-0.15, -0.1) is 0 Å². The highest BCUT2D eigenvalue weighted by Gasteiger charge is 2.48. The second kappa shape index (κ2) is 8.83. The minimum absolute atomic E-state index is 0.289. The van der Waals surface area contributed by atoms with E-state index in [1.54, 1.807) is 7.11 Å². The summed E-state index contributed by atoms with van der Waals surface area (Å²) in [5.74, 6) is 1.70. The summed E-state index contributed by atoms with van der Waals surface area (Å²) < 4.78 is 5.31. The molecule has 4 atom stereocenters. The van der Waals surface area contributed by atoms with E-state index in [0.29, 0.717) is 12.0 Å². The van der Waals surface area contributed by atoms with Gasteiger partial charge < -0.3 is 9.84 Å². The Labute approximate surface area is 168 Å². The molecule has 4 unspecified atom stereocenters. The number of piperidine rings is 3. The molecule has 3 aliphatic rings. The Hall–Kier alpha value is -1.59. The first-order valence-corrected chi connectivity index (χ1v) is 11.0. The summed E-state index contributed by atoms with van der Waals surface area (Å²) in [6, 6.07) is 9.67. The van der Waals surface area contributed by atoms with E-state index in [9.17, 15) is 4.79 Å². The van der Waals surface area contributed by atoms with Gasteiger partial charge in [0.2, 0.25) is 0 Å². The number of nitrogens with zero attached hydrogens (tertiary/aromatic N) is 2. The highest BCUT2D eigenvalue weighted by molar-refractivity contribution is 5.66. The number of aliphatic carboxylic acids is 1. The minimum Gasteiger partial charge on any atom is -0.497 e. The smallest absolute Gasteiger partial charge is 0.303 e. The Kier molecular flexibility index (Phi) is 6.22. The molecule has 4 rings (SSSR count). The largest absolute Gasteiger partial charge is 0.497 e. The Morgan fingerprint density at radius 2 is 1.93 bits per heavy atom. The van der Waals surface area contributed by atoms with Crippen LogP contribution in [0, 0.1) is 11.8 Å². The van der Waals surface area contributed by atoms with Gasteiger partial charge in [-0.3, -0.25) is 14.6 Å². The molecule has 3 saturated heterocycles. The second-order valence-electron chi connectivity index (χ2n) is 8.87. The van der Waals surface area contributed by atoms with Gasteiger partial charge >= 0.3 is 5.97 Å². The van der Waals surface area contributed by atoms with Crippen LogP contribution in [0.5, 0.6) is 5.75 Å². The third-order valence-electron chi connectivity index (χ3n) is 7.21. The van der Waals surface area contributed by atoms with Crippen molar-refractivity contribution in [1.29, 1.82) is 0 Å². The molecule has 3 fully saturated rings. The molecule has 3 aliphatic heterocycles.